The fraction of sp³-hybridized carbons (Fsp3) is 0.200. The number of benzene rings is 2. The molecule has 0 heterocycles. The number of sulfonamides is 1. The van der Waals surface area contributed by atoms with Gasteiger partial charge in [-0.05, 0) is 48.4 Å². The van der Waals surface area contributed by atoms with Gasteiger partial charge in [-0.25, -0.2) is 8.42 Å². The molecule has 0 bridgehead atoms. The van der Waals surface area contributed by atoms with E-state index in [1.807, 2.05) is 0 Å². The summed E-state index contributed by atoms with van der Waals surface area (Å²) in [5.41, 5.74) is -0.774. The normalized spacial score (nSPS) is 13.5. The van der Waals surface area contributed by atoms with Crippen LogP contribution >= 0.6 is 11.6 Å². The molecule has 0 fully saturated rings. The Morgan fingerprint density at radius 3 is 2.28 bits per heavy atom. The highest BCUT2D eigenvalue weighted by molar-refractivity contribution is 7.93. The van der Waals surface area contributed by atoms with E-state index in [-0.39, 0.29) is 15.7 Å². The van der Waals surface area contributed by atoms with Gasteiger partial charge in [-0.3, -0.25) is 0 Å². The van der Waals surface area contributed by atoms with Crippen molar-refractivity contribution in [2.24, 2.45) is 0 Å². The quantitative estimate of drug-likeness (QED) is 0.547. The third-order valence-electron chi connectivity index (χ3n) is 3.16. The van der Waals surface area contributed by atoms with E-state index in [0.29, 0.717) is 0 Å². The molecular weight excluding hydrogens is 399 g/mol. The average molecular weight is 412 g/mol. The molecule has 1 unspecified atom stereocenters. The molecule has 0 N–H and O–H groups in total. The van der Waals surface area contributed by atoms with Crippen LogP contribution in [0.2, 0.25) is 5.02 Å². The number of anilines is 1. The van der Waals surface area contributed by atoms with Crippen LogP contribution in [0, 0.1) is 0 Å². The van der Waals surface area contributed by atoms with Gasteiger partial charge in [0.05, 0.1) is 4.90 Å². The zero-order valence-electron chi connectivity index (χ0n) is 12.8. The molecule has 136 valence electrons. The van der Waals surface area contributed by atoms with Gasteiger partial charge in [0.15, 0.2) is 4.90 Å². The lowest BCUT2D eigenvalue weighted by Crippen LogP contribution is -2.43. The van der Waals surface area contributed by atoms with Gasteiger partial charge in [0.1, 0.15) is 11.4 Å². The first kappa shape index (κ1) is 19.9. The van der Waals surface area contributed by atoms with Gasteiger partial charge in [0.25, 0.3) is 10.0 Å². The first-order valence-electron chi connectivity index (χ1n) is 6.94. The van der Waals surface area contributed by atoms with Gasteiger partial charge < -0.3 is 4.55 Å². The van der Waals surface area contributed by atoms with Crippen molar-refractivity contribution in [3.63, 3.8) is 0 Å². The second-order valence-electron chi connectivity index (χ2n) is 4.80. The lowest BCUT2D eigenvalue weighted by Gasteiger charge is -2.28. The number of hydrogen-bond donors (Lipinski definition) is 0. The van der Waals surface area contributed by atoms with Gasteiger partial charge >= 0.3 is 6.30 Å². The van der Waals surface area contributed by atoms with Crippen molar-refractivity contribution in [2.75, 3.05) is 10.1 Å². The maximum Gasteiger partial charge on any atom is 0.498 e. The smallest absolute Gasteiger partial charge is 0.498 e. The van der Waals surface area contributed by atoms with E-state index in [1.54, 1.807) is 0 Å². The number of halogens is 4. The van der Waals surface area contributed by atoms with Gasteiger partial charge in [-0.1, -0.05) is 29.8 Å². The van der Waals surface area contributed by atoms with Crippen molar-refractivity contribution in [2.45, 2.75) is 23.0 Å². The van der Waals surface area contributed by atoms with Crippen LogP contribution in [0.5, 0.6) is 0 Å². The summed E-state index contributed by atoms with van der Waals surface area (Å²) in [6, 6.07) is 9.44. The van der Waals surface area contributed by atoms with Crippen molar-refractivity contribution in [1.29, 1.82) is 0 Å². The number of alkyl halides is 3. The van der Waals surface area contributed by atoms with Crippen molar-refractivity contribution in [3.05, 3.63) is 53.6 Å². The predicted molar refractivity (Wildman–Crippen MR) is 90.6 cm³/mol. The molecule has 0 aliphatic rings. The van der Waals surface area contributed by atoms with Gasteiger partial charge in [0.2, 0.25) is 0 Å². The zero-order chi connectivity index (χ0) is 18.8. The third kappa shape index (κ3) is 4.22. The summed E-state index contributed by atoms with van der Waals surface area (Å²) >= 11 is 3.95. The number of nitrogens with zero attached hydrogens (tertiary/aromatic N) is 1. The molecule has 0 amide bonds. The zero-order valence-corrected chi connectivity index (χ0v) is 15.2. The molecule has 0 aliphatic carbocycles. The van der Waals surface area contributed by atoms with Crippen LogP contribution < -0.4 is 4.31 Å². The molecule has 1 atom stereocenters. The summed E-state index contributed by atoms with van der Waals surface area (Å²) in [6.45, 7) is 1.51. The highest BCUT2D eigenvalue weighted by Crippen LogP contribution is 2.39. The van der Waals surface area contributed by atoms with Crippen molar-refractivity contribution in [1.82, 2.24) is 0 Å². The Bertz CT molecular complexity index is 845. The molecular formula is C15H13ClF3NO3S2. The fourth-order valence-electron chi connectivity index (χ4n) is 2.10. The molecule has 10 heteroatoms. The SMILES string of the molecule is CC[S+]([O-])c1ccc(Cl)cc1N(C(F)(F)F)S(=O)(=O)c1ccccc1. The summed E-state index contributed by atoms with van der Waals surface area (Å²) in [5, 5.41) is -0.107. The minimum absolute atomic E-state index is 0.0196. The van der Waals surface area contributed by atoms with E-state index >= 15 is 0 Å². The Morgan fingerprint density at radius 1 is 1.16 bits per heavy atom. The molecule has 0 saturated carbocycles. The van der Waals surface area contributed by atoms with E-state index in [2.05, 4.69) is 0 Å². The highest BCUT2D eigenvalue weighted by Gasteiger charge is 2.48. The Hall–Kier alpha value is -1.42. The predicted octanol–water partition coefficient (Wildman–Crippen LogP) is 4.18. The maximum atomic E-state index is 13.7. The second-order valence-corrected chi connectivity index (χ2v) is 8.73. The molecule has 2 rings (SSSR count). The molecule has 0 saturated heterocycles. The lowest BCUT2D eigenvalue weighted by molar-refractivity contribution is -0.116. The molecule has 0 aliphatic heterocycles. The Kier molecular flexibility index (Phi) is 5.93. The summed E-state index contributed by atoms with van der Waals surface area (Å²) in [7, 11) is -4.98. The van der Waals surface area contributed by atoms with Crippen LogP contribution in [0.25, 0.3) is 0 Å². The number of rotatable bonds is 5. The Morgan fingerprint density at radius 2 is 1.76 bits per heavy atom. The summed E-state index contributed by atoms with van der Waals surface area (Å²) in [4.78, 5) is -0.802. The monoisotopic (exact) mass is 411 g/mol. The average Bonchev–Trinajstić information content (AvgIpc) is 2.53. The van der Waals surface area contributed by atoms with Crippen molar-refractivity contribution >= 4 is 38.5 Å². The first-order valence-corrected chi connectivity index (χ1v) is 10.1. The third-order valence-corrected chi connectivity index (χ3v) is 6.51. The van der Waals surface area contributed by atoms with Gasteiger partial charge in [-0.2, -0.15) is 4.31 Å². The standard InChI is InChI=1S/C15H13ClF3NO3S2/c1-2-24(21)14-9-8-11(16)10-13(14)20(15(17,18)19)25(22,23)12-6-4-3-5-7-12/h3-10H,2H2,1H3. The van der Waals surface area contributed by atoms with E-state index in [4.69, 9.17) is 11.6 Å². The summed E-state index contributed by atoms with van der Waals surface area (Å²) < 4.78 is 77.7. The maximum absolute atomic E-state index is 13.7. The minimum Gasteiger partial charge on any atom is -0.611 e. The molecule has 2 aromatic carbocycles. The molecule has 4 nitrogen and oxygen atoms in total. The van der Waals surface area contributed by atoms with Crippen LogP contribution in [0.15, 0.2) is 58.3 Å². The van der Waals surface area contributed by atoms with Crippen LogP contribution in [-0.4, -0.2) is 25.0 Å². The van der Waals surface area contributed by atoms with E-state index in [1.165, 1.54) is 31.2 Å². The van der Waals surface area contributed by atoms with Crippen LogP contribution in [0.1, 0.15) is 6.92 Å². The van der Waals surface area contributed by atoms with E-state index < -0.39 is 42.4 Å². The number of hydrogen-bond acceptors (Lipinski definition) is 3. The fourth-order valence-corrected chi connectivity index (χ4v) is 4.63. The van der Waals surface area contributed by atoms with Crippen molar-refractivity contribution < 1.29 is 26.1 Å². The summed E-state index contributed by atoms with van der Waals surface area (Å²) in [6.07, 6.45) is -5.27. The molecule has 0 radical (unpaired) electrons. The van der Waals surface area contributed by atoms with Gasteiger partial charge in [-0.15, -0.1) is 13.2 Å². The van der Waals surface area contributed by atoms with Gasteiger partial charge in [0, 0.05) is 5.02 Å². The van der Waals surface area contributed by atoms with Crippen LogP contribution in [-0.2, 0) is 21.2 Å². The topological polar surface area (TPSA) is 60.4 Å². The van der Waals surface area contributed by atoms with E-state index in [9.17, 15) is 26.1 Å². The molecule has 2 aromatic rings. The van der Waals surface area contributed by atoms with E-state index in [0.717, 1.165) is 24.3 Å². The Balaban J connectivity index is 2.75. The van der Waals surface area contributed by atoms with Crippen LogP contribution in [0.3, 0.4) is 0 Å². The molecule has 0 aromatic heterocycles. The molecule has 25 heavy (non-hydrogen) atoms. The largest absolute Gasteiger partial charge is 0.611 e. The molecule has 0 spiro atoms. The summed E-state index contributed by atoms with van der Waals surface area (Å²) in [5.74, 6) is 0.0196. The Labute approximate surface area is 151 Å². The van der Waals surface area contributed by atoms with Crippen molar-refractivity contribution in [3.8, 4) is 0 Å². The van der Waals surface area contributed by atoms with Crippen LogP contribution in [0.4, 0.5) is 18.9 Å². The second kappa shape index (κ2) is 7.45. The minimum atomic E-state index is -5.27. The lowest BCUT2D eigenvalue weighted by atomic mass is 10.3. The first-order chi connectivity index (χ1) is 11.6. The highest BCUT2D eigenvalue weighted by atomic mass is 35.5.